The topological polar surface area (TPSA) is 12.9 Å². The van der Waals surface area contributed by atoms with Crippen LogP contribution >= 0.6 is 0 Å². The van der Waals surface area contributed by atoms with Crippen molar-refractivity contribution in [1.29, 1.82) is 0 Å². The number of alkyl halides is 6. The van der Waals surface area contributed by atoms with Crippen molar-refractivity contribution >= 4 is 0 Å². The van der Waals surface area contributed by atoms with Crippen molar-refractivity contribution < 1.29 is 39.5 Å². The zero-order valence-electron chi connectivity index (χ0n) is 7.35. The van der Waals surface area contributed by atoms with E-state index in [1.165, 1.54) is 0 Å². The third-order valence-electron chi connectivity index (χ3n) is 1.61. The quantitative estimate of drug-likeness (QED) is 0.518. The van der Waals surface area contributed by atoms with Crippen molar-refractivity contribution in [3.8, 4) is 0 Å². The van der Waals surface area contributed by atoms with Crippen molar-refractivity contribution in [3.05, 3.63) is 28.8 Å². The first-order valence-electron chi connectivity index (χ1n) is 3.65. The molecule has 0 unspecified atom stereocenters. The van der Waals surface area contributed by atoms with E-state index in [9.17, 15) is 39.5 Å². The molecule has 0 amide bonds. The van der Waals surface area contributed by atoms with Gasteiger partial charge in [-0.1, -0.05) is 0 Å². The van der Waals surface area contributed by atoms with Gasteiger partial charge in [0, 0.05) is 0 Å². The van der Waals surface area contributed by atoms with E-state index in [4.69, 9.17) is 0 Å². The molecule has 0 aromatic carbocycles. The highest BCUT2D eigenvalue weighted by molar-refractivity contribution is 5.28. The Bertz CT molecular complexity index is 406. The average Bonchev–Trinajstić information content (AvgIpc) is 1.94. The van der Waals surface area contributed by atoms with Gasteiger partial charge in [-0.3, -0.25) is 0 Å². The molecule has 1 aromatic rings. The molecule has 0 radical (unpaired) electrons. The molecular formula is C7F9N. The molecule has 0 saturated carbocycles. The highest BCUT2D eigenvalue weighted by Gasteiger charge is 2.47. The van der Waals surface area contributed by atoms with Crippen molar-refractivity contribution in [2.75, 3.05) is 0 Å². The number of hydrogen-bond donors (Lipinski definition) is 0. The van der Waals surface area contributed by atoms with Crippen LogP contribution in [0.3, 0.4) is 0 Å². The van der Waals surface area contributed by atoms with Crippen LogP contribution < -0.4 is 0 Å². The summed E-state index contributed by atoms with van der Waals surface area (Å²) in [7, 11) is 0. The Morgan fingerprint density at radius 2 is 0.941 bits per heavy atom. The van der Waals surface area contributed by atoms with Crippen LogP contribution in [-0.4, -0.2) is 4.98 Å². The smallest absolute Gasteiger partial charge is 0.205 e. The minimum Gasteiger partial charge on any atom is -0.205 e. The van der Waals surface area contributed by atoms with Crippen LogP contribution in [0.5, 0.6) is 0 Å². The van der Waals surface area contributed by atoms with Crippen LogP contribution in [0.4, 0.5) is 39.5 Å². The fraction of sp³-hybridized carbons (Fsp3) is 0.286. The molecular weight excluding hydrogens is 269 g/mol. The molecule has 0 aliphatic carbocycles. The van der Waals surface area contributed by atoms with E-state index >= 15 is 0 Å². The summed E-state index contributed by atoms with van der Waals surface area (Å²) in [5.74, 6) is -8.46. The fourth-order valence-electron chi connectivity index (χ4n) is 0.987. The zero-order chi connectivity index (χ0) is 13.6. The lowest BCUT2D eigenvalue weighted by Gasteiger charge is -2.13. The van der Waals surface area contributed by atoms with Gasteiger partial charge >= 0.3 is 12.4 Å². The molecule has 0 fully saturated rings. The summed E-state index contributed by atoms with van der Waals surface area (Å²) in [5, 5.41) is 0. The van der Waals surface area contributed by atoms with Crippen LogP contribution in [0.15, 0.2) is 0 Å². The predicted molar refractivity (Wildman–Crippen MR) is 34.1 cm³/mol. The molecule has 0 N–H and O–H groups in total. The summed E-state index contributed by atoms with van der Waals surface area (Å²) in [5.41, 5.74) is -5.77. The van der Waals surface area contributed by atoms with Crippen LogP contribution in [0.1, 0.15) is 11.1 Å². The van der Waals surface area contributed by atoms with E-state index in [0.717, 1.165) is 0 Å². The van der Waals surface area contributed by atoms with Crippen molar-refractivity contribution in [3.63, 3.8) is 0 Å². The summed E-state index contributed by atoms with van der Waals surface area (Å²) in [6, 6.07) is 0. The second-order valence-electron chi connectivity index (χ2n) is 2.75. The number of rotatable bonds is 0. The van der Waals surface area contributed by atoms with Gasteiger partial charge < -0.3 is 0 Å². The maximum atomic E-state index is 12.8. The highest BCUT2D eigenvalue weighted by atomic mass is 19.4. The molecule has 17 heavy (non-hydrogen) atoms. The van der Waals surface area contributed by atoms with E-state index in [0.29, 0.717) is 0 Å². The van der Waals surface area contributed by atoms with Gasteiger partial charge in [-0.25, -0.2) is 4.39 Å². The predicted octanol–water partition coefficient (Wildman–Crippen LogP) is 3.54. The number of halogens is 9. The Morgan fingerprint density at radius 3 is 1.18 bits per heavy atom. The zero-order valence-corrected chi connectivity index (χ0v) is 7.35. The first-order valence-corrected chi connectivity index (χ1v) is 3.65. The molecule has 0 saturated heterocycles. The SMILES string of the molecule is Fc1nc(F)c(C(F)(F)F)c(F)c1C(F)(F)F. The molecule has 0 aliphatic heterocycles. The molecule has 0 atom stereocenters. The number of nitrogens with zero attached hydrogens (tertiary/aromatic N) is 1. The van der Waals surface area contributed by atoms with Crippen LogP contribution in [-0.2, 0) is 12.4 Å². The van der Waals surface area contributed by atoms with Gasteiger partial charge in [0.15, 0.2) is 5.82 Å². The molecule has 1 heterocycles. The Labute approximate surface area is 86.9 Å². The second kappa shape index (κ2) is 3.77. The molecule has 1 aromatic heterocycles. The van der Waals surface area contributed by atoms with Crippen molar-refractivity contribution in [2.24, 2.45) is 0 Å². The summed E-state index contributed by atoms with van der Waals surface area (Å²) >= 11 is 0. The minimum atomic E-state index is -5.76. The van der Waals surface area contributed by atoms with Crippen molar-refractivity contribution in [2.45, 2.75) is 12.4 Å². The normalized spacial score (nSPS) is 13.0. The van der Waals surface area contributed by atoms with E-state index in [2.05, 4.69) is 0 Å². The maximum Gasteiger partial charge on any atom is 0.423 e. The molecule has 1 rings (SSSR count). The Kier molecular flexibility index (Phi) is 3.02. The van der Waals surface area contributed by atoms with Gasteiger partial charge in [0.05, 0.1) is 0 Å². The molecule has 1 nitrogen and oxygen atoms in total. The van der Waals surface area contributed by atoms with Gasteiger partial charge in [-0.2, -0.15) is 40.1 Å². The summed E-state index contributed by atoms with van der Waals surface area (Å²) in [6.07, 6.45) is -11.5. The standard InChI is InChI=1S/C7F9N/c8-3-1(6(11,12)13)4(9)17-5(10)2(3)7(14,15)16. The molecule has 96 valence electrons. The molecule has 10 heteroatoms. The van der Waals surface area contributed by atoms with E-state index < -0.39 is 41.2 Å². The lowest BCUT2D eigenvalue weighted by atomic mass is 10.1. The lowest BCUT2D eigenvalue weighted by Crippen LogP contribution is -2.21. The van der Waals surface area contributed by atoms with Gasteiger partial charge in [0.2, 0.25) is 11.9 Å². The van der Waals surface area contributed by atoms with Crippen LogP contribution in [0.25, 0.3) is 0 Å². The van der Waals surface area contributed by atoms with Gasteiger partial charge in [0.1, 0.15) is 11.1 Å². The summed E-state index contributed by atoms with van der Waals surface area (Å²) < 4.78 is 110. The maximum absolute atomic E-state index is 12.8. The van der Waals surface area contributed by atoms with E-state index in [1.54, 1.807) is 4.98 Å². The first-order chi connectivity index (χ1) is 7.46. The minimum absolute atomic E-state index is 1.75. The van der Waals surface area contributed by atoms with Crippen LogP contribution in [0.2, 0.25) is 0 Å². The third-order valence-corrected chi connectivity index (χ3v) is 1.61. The van der Waals surface area contributed by atoms with Crippen LogP contribution in [0, 0.1) is 17.7 Å². The molecule has 0 bridgehead atoms. The molecule has 0 spiro atoms. The van der Waals surface area contributed by atoms with Crippen molar-refractivity contribution in [1.82, 2.24) is 4.98 Å². The second-order valence-corrected chi connectivity index (χ2v) is 2.75. The molecule has 0 aliphatic rings. The number of pyridine rings is 1. The third kappa shape index (κ3) is 2.44. The van der Waals surface area contributed by atoms with Gasteiger partial charge in [-0.05, 0) is 0 Å². The fourth-order valence-corrected chi connectivity index (χ4v) is 0.987. The monoisotopic (exact) mass is 269 g/mol. The Balaban J connectivity index is 3.67. The van der Waals surface area contributed by atoms with E-state index in [1.807, 2.05) is 0 Å². The first kappa shape index (κ1) is 13.6. The van der Waals surface area contributed by atoms with Gasteiger partial charge in [-0.15, -0.1) is 0 Å². The number of hydrogen-bond acceptors (Lipinski definition) is 1. The van der Waals surface area contributed by atoms with Gasteiger partial charge in [0.25, 0.3) is 0 Å². The Morgan fingerprint density at radius 1 is 0.647 bits per heavy atom. The lowest BCUT2D eigenvalue weighted by molar-refractivity contribution is -0.151. The number of aromatic nitrogens is 1. The summed E-state index contributed by atoms with van der Waals surface area (Å²) in [6.45, 7) is 0. The largest absolute Gasteiger partial charge is 0.423 e. The Hall–Kier alpha value is -1.48. The summed E-state index contributed by atoms with van der Waals surface area (Å²) in [4.78, 5) is 1.75. The van der Waals surface area contributed by atoms with E-state index in [-0.39, 0.29) is 0 Å². The average molecular weight is 269 g/mol. The highest BCUT2D eigenvalue weighted by Crippen LogP contribution is 2.39.